The van der Waals surface area contributed by atoms with Gasteiger partial charge in [-0.3, -0.25) is 0 Å². The molecule has 1 aliphatic heterocycles. The Kier molecular flexibility index (Phi) is 3.72. The summed E-state index contributed by atoms with van der Waals surface area (Å²) in [7, 11) is 0. The van der Waals surface area contributed by atoms with Crippen molar-refractivity contribution in [3.05, 3.63) is 0 Å². The van der Waals surface area contributed by atoms with Gasteiger partial charge in [0.05, 0.1) is 6.04 Å². The molecule has 15 heavy (non-hydrogen) atoms. The smallest absolute Gasteiger partial charge is 0.410 e. The molecule has 0 aliphatic carbocycles. The molecule has 1 saturated heterocycles. The fourth-order valence-electron chi connectivity index (χ4n) is 1.68. The summed E-state index contributed by atoms with van der Waals surface area (Å²) >= 11 is 0. The van der Waals surface area contributed by atoms with Crippen molar-refractivity contribution in [1.29, 1.82) is 5.41 Å². The first-order valence-corrected chi connectivity index (χ1v) is 5.44. The van der Waals surface area contributed by atoms with E-state index < -0.39 is 5.60 Å². The first-order valence-electron chi connectivity index (χ1n) is 5.44. The monoisotopic (exact) mass is 212 g/mol. The predicted octanol–water partition coefficient (Wildman–Crippen LogP) is 2.43. The molecule has 1 atom stereocenters. The number of amides is 1. The number of piperidine rings is 1. The number of nitrogens with one attached hydrogen (secondary N) is 1. The van der Waals surface area contributed by atoms with E-state index in [1.807, 2.05) is 20.8 Å². The van der Waals surface area contributed by atoms with Crippen LogP contribution in [0.4, 0.5) is 4.79 Å². The molecule has 4 heteroatoms. The summed E-state index contributed by atoms with van der Waals surface area (Å²) in [5.74, 6) is 0. The molecule has 1 heterocycles. The molecule has 1 aliphatic rings. The molecule has 0 aromatic rings. The van der Waals surface area contributed by atoms with Gasteiger partial charge in [-0.15, -0.1) is 0 Å². The van der Waals surface area contributed by atoms with Crippen LogP contribution in [0.2, 0.25) is 0 Å². The van der Waals surface area contributed by atoms with Crippen LogP contribution in [0.3, 0.4) is 0 Å². The molecule has 0 spiro atoms. The van der Waals surface area contributed by atoms with Crippen LogP contribution in [0.25, 0.3) is 0 Å². The van der Waals surface area contributed by atoms with E-state index in [1.54, 1.807) is 4.90 Å². The standard InChI is InChI=1S/C11H20N2O2/c1-11(2,3)15-10(14)13-7-5-4-6-9(13)8-12/h8-9,12H,4-7H2,1-3H3/t9-/m0/s1. The van der Waals surface area contributed by atoms with Crippen LogP contribution in [-0.4, -0.2) is 35.4 Å². The number of carbonyl (C=O) groups is 1. The van der Waals surface area contributed by atoms with Crippen molar-refractivity contribution < 1.29 is 9.53 Å². The van der Waals surface area contributed by atoms with Gasteiger partial charge in [0, 0.05) is 12.8 Å². The second-order valence-corrected chi connectivity index (χ2v) is 4.90. The Hall–Kier alpha value is -1.06. The summed E-state index contributed by atoms with van der Waals surface area (Å²) in [5.41, 5.74) is -0.457. The topological polar surface area (TPSA) is 53.4 Å². The van der Waals surface area contributed by atoms with Gasteiger partial charge in [0.1, 0.15) is 5.60 Å². The summed E-state index contributed by atoms with van der Waals surface area (Å²) in [6, 6.07) is -0.0754. The Morgan fingerprint density at radius 3 is 2.67 bits per heavy atom. The van der Waals surface area contributed by atoms with Crippen molar-refractivity contribution >= 4 is 12.3 Å². The first-order chi connectivity index (χ1) is 6.94. The molecule has 0 aromatic heterocycles. The van der Waals surface area contributed by atoms with Gasteiger partial charge >= 0.3 is 6.09 Å². The molecule has 1 N–H and O–H groups in total. The third-order valence-corrected chi connectivity index (χ3v) is 2.37. The van der Waals surface area contributed by atoms with Crippen molar-refractivity contribution in [1.82, 2.24) is 4.90 Å². The van der Waals surface area contributed by atoms with Crippen LogP contribution in [-0.2, 0) is 4.74 Å². The lowest BCUT2D eigenvalue weighted by Gasteiger charge is -2.34. The number of ether oxygens (including phenoxy) is 1. The van der Waals surface area contributed by atoms with Crippen molar-refractivity contribution in [3.8, 4) is 0 Å². The largest absolute Gasteiger partial charge is 0.444 e. The van der Waals surface area contributed by atoms with Crippen molar-refractivity contribution in [3.63, 3.8) is 0 Å². The van der Waals surface area contributed by atoms with E-state index in [4.69, 9.17) is 10.1 Å². The summed E-state index contributed by atoms with van der Waals surface area (Å²) in [4.78, 5) is 13.4. The highest BCUT2D eigenvalue weighted by Crippen LogP contribution is 2.19. The molecular formula is C11H20N2O2. The number of hydrogen-bond acceptors (Lipinski definition) is 3. The zero-order valence-corrected chi connectivity index (χ0v) is 9.75. The average molecular weight is 212 g/mol. The van der Waals surface area contributed by atoms with Crippen LogP contribution in [0, 0.1) is 5.41 Å². The highest BCUT2D eigenvalue weighted by Gasteiger charge is 2.28. The second-order valence-electron chi connectivity index (χ2n) is 4.90. The molecule has 1 amide bonds. The second kappa shape index (κ2) is 4.64. The van der Waals surface area contributed by atoms with E-state index in [-0.39, 0.29) is 12.1 Å². The lowest BCUT2D eigenvalue weighted by atomic mass is 10.0. The number of carbonyl (C=O) groups excluding carboxylic acids is 1. The summed E-state index contributed by atoms with van der Waals surface area (Å²) in [6.07, 6.45) is 4.00. The van der Waals surface area contributed by atoms with E-state index in [0.717, 1.165) is 19.3 Å². The van der Waals surface area contributed by atoms with Gasteiger partial charge in [0.2, 0.25) is 0 Å². The van der Waals surface area contributed by atoms with E-state index in [9.17, 15) is 4.79 Å². The molecule has 0 unspecified atom stereocenters. The summed E-state index contributed by atoms with van der Waals surface area (Å²) in [6.45, 7) is 6.27. The zero-order chi connectivity index (χ0) is 11.5. The van der Waals surface area contributed by atoms with Crippen molar-refractivity contribution in [2.75, 3.05) is 6.54 Å². The quantitative estimate of drug-likeness (QED) is 0.679. The number of hydrogen-bond donors (Lipinski definition) is 1. The third kappa shape index (κ3) is 3.53. The zero-order valence-electron chi connectivity index (χ0n) is 9.75. The molecule has 1 rings (SSSR count). The molecule has 1 fully saturated rings. The van der Waals surface area contributed by atoms with Crippen molar-refractivity contribution in [2.45, 2.75) is 51.7 Å². The highest BCUT2D eigenvalue weighted by atomic mass is 16.6. The number of rotatable bonds is 1. The van der Waals surface area contributed by atoms with Gasteiger partial charge in [0.25, 0.3) is 0 Å². The fraction of sp³-hybridized carbons (Fsp3) is 0.818. The minimum atomic E-state index is -0.457. The average Bonchev–Trinajstić information content (AvgIpc) is 2.15. The van der Waals surface area contributed by atoms with Gasteiger partial charge in [-0.2, -0.15) is 0 Å². The number of nitrogens with zero attached hydrogens (tertiary/aromatic N) is 1. The van der Waals surface area contributed by atoms with Gasteiger partial charge in [0.15, 0.2) is 0 Å². The van der Waals surface area contributed by atoms with Crippen LogP contribution < -0.4 is 0 Å². The van der Waals surface area contributed by atoms with E-state index in [1.165, 1.54) is 6.21 Å². The Balaban J connectivity index is 2.60. The van der Waals surface area contributed by atoms with Gasteiger partial charge in [-0.1, -0.05) is 0 Å². The Bertz CT molecular complexity index is 245. The molecule has 86 valence electrons. The molecule has 4 nitrogen and oxygen atoms in total. The van der Waals surface area contributed by atoms with Gasteiger partial charge in [-0.05, 0) is 40.0 Å². The predicted molar refractivity (Wildman–Crippen MR) is 59.4 cm³/mol. The molecular weight excluding hydrogens is 192 g/mol. The molecule has 0 saturated carbocycles. The Labute approximate surface area is 91.1 Å². The SMILES string of the molecule is CC(C)(C)OC(=O)N1CCCC[C@H]1C=N. The normalized spacial score (nSPS) is 22.3. The minimum Gasteiger partial charge on any atom is -0.444 e. The van der Waals surface area contributed by atoms with Crippen LogP contribution in [0.15, 0.2) is 0 Å². The fourth-order valence-corrected chi connectivity index (χ4v) is 1.68. The Morgan fingerprint density at radius 2 is 2.13 bits per heavy atom. The number of likely N-dealkylation sites (tertiary alicyclic amines) is 1. The van der Waals surface area contributed by atoms with Crippen LogP contribution in [0.1, 0.15) is 40.0 Å². The third-order valence-electron chi connectivity index (χ3n) is 2.37. The highest BCUT2D eigenvalue weighted by molar-refractivity contribution is 5.74. The van der Waals surface area contributed by atoms with E-state index in [0.29, 0.717) is 6.54 Å². The molecule has 0 bridgehead atoms. The van der Waals surface area contributed by atoms with Crippen molar-refractivity contribution in [2.24, 2.45) is 0 Å². The lowest BCUT2D eigenvalue weighted by molar-refractivity contribution is 0.0170. The maximum atomic E-state index is 11.8. The maximum Gasteiger partial charge on any atom is 0.410 e. The van der Waals surface area contributed by atoms with Crippen LogP contribution in [0.5, 0.6) is 0 Å². The van der Waals surface area contributed by atoms with Crippen LogP contribution >= 0.6 is 0 Å². The Morgan fingerprint density at radius 1 is 1.47 bits per heavy atom. The minimum absolute atomic E-state index is 0.0754. The van der Waals surface area contributed by atoms with Gasteiger partial charge < -0.3 is 15.0 Å². The summed E-state index contributed by atoms with van der Waals surface area (Å²) in [5, 5.41) is 7.28. The maximum absolute atomic E-state index is 11.8. The van der Waals surface area contributed by atoms with Gasteiger partial charge in [-0.25, -0.2) is 4.79 Å². The first kappa shape index (κ1) is 12.0. The van der Waals surface area contributed by atoms with E-state index in [2.05, 4.69) is 0 Å². The molecule has 0 radical (unpaired) electrons. The lowest BCUT2D eigenvalue weighted by Crippen LogP contribution is -2.46. The van der Waals surface area contributed by atoms with E-state index >= 15 is 0 Å². The summed E-state index contributed by atoms with van der Waals surface area (Å²) < 4.78 is 5.29. The molecule has 0 aromatic carbocycles.